The van der Waals surface area contributed by atoms with E-state index in [1.54, 1.807) is 0 Å². The number of anilines is 2. The normalized spacial score (nSPS) is 18.9. The molecule has 2 heterocycles. The fourth-order valence-corrected chi connectivity index (χ4v) is 2.79. The predicted octanol–water partition coefficient (Wildman–Crippen LogP) is 1.92. The molecule has 0 radical (unpaired) electrons. The summed E-state index contributed by atoms with van der Waals surface area (Å²) in [4.78, 5) is 14.1. The van der Waals surface area contributed by atoms with Gasteiger partial charge < -0.3 is 15.1 Å². The third-order valence-corrected chi connectivity index (χ3v) is 4.07. The molecule has 1 unspecified atom stereocenters. The first kappa shape index (κ1) is 15.0. The van der Waals surface area contributed by atoms with Crippen LogP contribution in [0.15, 0.2) is 0 Å². The van der Waals surface area contributed by atoms with Crippen LogP contribution >= 0.6 is 0 Å². The lowest BCUT2D eigenvalue weighted by atomic mass is 10.2. The number of rotatable bonds is 5. The smallest absolute Gasteiger partial charge is 0.137 e. The molecule has 1 saturated heterocycles. The molecule has 0 aromatic carbocycles. The number of likely N-dealkylation sites (N-methyl/N-ethyl adjacent to an activating group) is 1. The lowest BCUT2D eigenvalue weighted by Crippen LogP contribution is -2.32. The van der Waals surface area contributed by atoms with Crippen molar-refractivity contribution in [2.75, 3.05) is 44.4 Å². The topological polar surface area (TPSA) is 44.3 Å². The maximum Gasteiger partial charge on any atom is 0.137 e. The van der Waals surface area contributed by atoms with E-state index in [4.69, 9.17) is 4.98 Å². The minimum atomic E-state index is 0.622. The second-order valence-corrected chi connectivity index (χ2v) is 5.79. The molecule has 5 nitrogen and oxygen atoms in total. The minimum absolute atomic E-state index is 0.622. The van der Waals surface area contributed by atoms with Crippen LogP contribution in [-0.4, -0.2) is 55.1 Å². The van der Waals surface area contributed by atoms with Crippen molar-refractivity contribution in [2.24, 2.45) is 0 Å². The van der Waals surface area contributed by atoms with Gasteiger partial charge in [-0.3, -0.25) is 0 Å². The van der Waals surface area contributed by atoms with Crippen molar-refractivity contribution in [3.05, 3.63) is 11.4 Å². The first-order valence-electron chi connectivity index (χ1n) is 7.53. The zero-order valence-electron chi connectivity index (χ0n) is 13.4. The van der Waals surface area contributed by atoms with Gasteiger partial charge in [0.05, 0.1) is 0 Å². The molecule has 20 heavy (non-hydrogen) atoms. The molecular formula is C15H27N5. The Hall–Kier alpha value is -1.36. The number of hydrogen-bond donors (Lipinski definition) is 1. The predicted molar refractivity (Wildman–Crippen MR) is 84.6 cm³/mol. The number of nitrogens with one attached hydrogen (secondary N) is 1. The summed E-state index contributed by atoms with van der Waals surface area (Å²) in [7, 11) is 6.24. The molecule has 1 aromatic heterocycles. The monoisotopic (exact) mass is 277 g/mol. The molecule has 0 saturated carbocycles. The summed E-state index contributed by atoms with van der Waals surface area (Å²) in [5.74, 6) is 3.02. The van der Waals surface area contributed by atoms with Crippen molar-refractivity contribution in [1.82, 2.24) is 14.9 Å². The van der Waals surface area contributed by atoms with Crippen LogP contribution in [0.5, 0.6) is 0 Å². The zero-order valence-corrected chi connectivity index (χ0v) is 13.4. The average molecular weight is 277 g/mol. The third-order valence-electron chi connectivity index (χ3n) is 4.07. The second-order valence-electron chi connectivity index (χ2n) is 5.79. The van der Waals surface area contributed by atoms with Gasteiger partial charge >= 0.3 is 0 Å². The van der Waals surface area contributed by atoms with Gasteiger partial charge in [-0.05, 0) is 33.9 Å². The molecule has 2 rings (SSSR count). The summed E-state index contributed by atoms with van der Waals surface area (Å²) in [6.45, 7) is 6.41. The maximum absolute atomic E-state index is 4.80. The van der Waals surface area contributed by atoms with Crippen LogP contribution < -0.4 is 10.2 Å². The first-order chi connectivity index (χ1) is 9.56. The number of nitrogens with zero attached hydrogens (tertiary/aromatic N) is 4. The van der Waals surface area contributed by atoms with E-state index in [1.165, 1.54) is 6.42 Å². The Balaban J connectivity index is 2.28. The summed E-state index contributed by atoms with van der Waals surface area (Å²) >= 11 is 0. The van der Waals surface area contributed by atoms with Gasteiger partial charge in [-0.25, -0.2) is 9.97 Å². The van der Waals surface area contributed by atoms with Crippen LogP contribution in [0.1, 0.15) is 31.2 Å². The Morgan fingerprint density at radius 3 is 2.65 bits per heavy atom. The van der Waals surface area contributed by atoms with Crippen molar-refractivity contribution in [3.63, 3.8) is 0 Å². The molecule has 1 fully saturated rings. The van der Waals surface area contributed by atoms with Crippen molar-refractivity contribution in [1.29, 1.82) is 0 Å². The van der Waals surface area contributed by atoms with Crippen molar-refractivity contribution < 1.29 is 0 Å². The summed E-state index contributed by atoms with van der Waals surface area (Å²) in [5.41, 5.74) is 1.16. The third kappa shape index (κ3) is 3.03. The van der Waals surface area contributed by atoms with E-state index < -0.39 is 0 Å². The quantitative estimate of drug-likeness (QED) is 0.891. The van der Waals surface area contributed by atoms with Gasteiger partial charge in [0, 0.05) is 38.2 Å². The molecule has 112 valence electrons. The van der Waals surface area contributed by atoms with Crippen LogP contribution in [-0.2, 0) is 6.42 Å². The van der Waals surface area contributed by atoms with Gasteiger partial charge in [-0.2, -0.15) is 0 Å². The molecule has 5 heteroatoms. The van der Waals surface area contributed by atoms with Crippen LogP contribution in [0, 0.1) is 6.92 Å². The number of aromatic nitrogens is 2. The van der Waals surface area contributed by atoms with Crippen LogP contribution in [0.4, 0.5) is 11.6 Å². The highest BCUT2D eigenvalue weighted by atomic mass is 15.3. The molecular weight excluding hydrogens is 250 g/mol. The SMILES string of the molecule is CCCc1nc(NC)c(C)c(N2CCC(N(C)C)C2)n1. The summed E-state index contributed by atoms with van der Waals surface area (Å²) in [5, 5.41) is 3.20. The highest BCUT2D eigenvalue weighted by Crippen LogP contribution is 2.27. The van der Waals surface area contributed by atoms with Gasteiger partial charge in [0.15, 0.2) is 0 Å². The molecule has 1 aliphatic rings. The van der Waals surface area contributed by atoms with Crippen LogP contribution in [0.2, 0.25) is 0 Å². The molecule has 1 aromatic rings. The van der Waals surface area contributed by atoms with Gasteiger partial charge in [-0.15, -0.1) is 0 Å². The highest BCUT2D eigenvalue weighted by molar-refractivity contribution is 5.59. The number of hydrogen-bond acceptors (Lipinski definition) is 5. The van der Waals surface area contributed by atoms with E-state index in [2.05, 4.69) is 48.0 Å². The molecule has 1 atom stereocenters. The molecule has 0 aliphatic carbocycles. The van der Waals surface area contributed by atoms with E-state index in [0.717, 1.165) is 49.0 Å². The van der Waals surface area contributed by atoms with Crippen LogP contribution in [0.25, 0.3) is 0 Å². The Kier molecular flexibility index (Phi) is 4.81. The summed E-state index contributed by atoms with van der Waals surface area (Å²) in [6.07, 6.45) is 3.22. The van der Waals surface area contributed by atoms with Gasteiger partial charge in [0.2, 0.25) is 0 Å². The van der Waals surface area contributed by atoms with E-state index in [-0.39, 0.29) is 0 Å². The fraction of sp³-hybridized carbons (Fsp3) is 0.733. The van der Waals surface area contributed by atoms with Gasteiger partial charge in [-0.1, -0.05) is 6.92 Å². The Labute approximate surface area is 122 Å². The Morgan fingerprint density at radius 2 is 2.10 bits per heavy atom. The standard InChI is InChI=1S/C15H27N5/c1-6-7-13-17-14(16-3)11(2)15(18-13)20-9-8-12(10-20)19(4)5/h12H,6-10H2,1-5H3,(H,16,17,18). The Morgan fingerprint density at radius 1 is 1.35 bits per heavy atom. The molecule has 0 bridgehead atoms. The Bertz CT molecular complexity index is 458. The van der Waals surface area contributed by atoms with Crippen molar-refractivity contribution >= 4 is 11.6 Å². The minimum Gasteiger partial charge on any atom is -0.373 e. The molecule has 1 aliphatic heterocycles. The summed E-state index contributed by atoms with van der Waals surface area (Å²) in [6, 6.07) is 0.622. The largest absolute Gasteiger partial charge is 0.373 e. The van der Waals surface area contributed by atoms with E-state index >= 15 is 0 Å². The fourth-order valence-electron chi connectivity index (χ4n) is 2.79. The number of aryl methyl sites for hydroxylation is 1. The highest BCUT2D eigenvalue weighted by Gasteiger charge is 2.27. The molecule has 1 N–H and O–H groups in total. The van der Waals surface area contributed by atoms with E-state index in [1.807, 2.05) is 7.05 Å². The van der Waals surface area contributed by atoms with Crippen LogP contribution in [0.3, 0.4) is 0 Å². The average Bonchev–Trinajstić information content (AvgIpc) is 2.90. The zero-order chi connectivity index (χ0) is 14.7. The molecule has 0 amide bonds. The van der Waals surface area contributed by atoms with Crippen molar-refractivity contribution in [2.45, 2.75) is 39.2 Å². The second kappa shape index (κ2) is 6.39. The maximum atomic E-state index is 4.80. The van der Waals surface area contributed by atoms with E-state index in [9.17, 15) is 0 Å². The lowest BCUT2D eigenvalue weighted by molar-refractivity contribution is 0.315. The van der Waals surface area contributed by atoms with Crippen molar-refractivity contribution in [3.8, 4) is 0 Å². The molecule has 0 spiro atoms. The lowest BCUT2D eigenvalue weighted by Gasteiger charge is -2.23. The van der Waals surface area contributed by atoms with Gasteiger partial charge in [0.1, 0.15) is 17.5 Å². The summed E-state index contributed by atoms with van der Waals surface area (Å²) < 4.78 is 0. The van der Waals surface area contributed by atoms with E-state index in [0.29, 0.717) is 6.04 Å². The van der Waals surface area contributed by atoms with Gasteiger partial charge in [0.25, 0.3) is 0 Å². The first-order valence-corrected chi connectivity index (χ1v) is 7.53.